The van der Waals surface area contributed by atoms with Gasteiger partial charge in [-0.3, -0.25) is 9.59 Å². The normalized spacial score (nSPS) is 19.9. The van der Waals surface area contributed by atoms with Gasteiger partial charge in [0.2, 0.25) is 5.91 Å². The van der Waals surface area contributed by atoms with Crippen LogP contribution < -0.4 is 9.64 Å². The van der Waals surface area contributed by atoms with Crippen LogP contribution in [0.3, 0.4) is 0 Å². The number of ether oxygens (including phenoxy) is 1. The van der Waals surface area contributed by atoms with Gasteiger partial charge in [0.15, 0.2) is 11.6 Å². The topological polar surface area (TPSA) is 83.8 Å². The summed E-state index contributed by atoms with van der Waals surface area (Å²) in [4.78, 5) is 41.0. The first kappa shape index (κ1) is 25.6. The minimum absolute atomic E-state index is 0.0447. The Morgan fingerprint density at radius 1 is 1.08 bits per heavy atom. The Morgan fingerprint density at radius 3 is 2.62 bits per heavy atom. The molecule has 3 aliphatic rings. The average Bonchev–Trinajstić information content (AvgIpc) is 3.53. The molecule has 2 fully saturated rings. The number of Topliss-reactive ketones (excluding diaryl/α,β-unsaturated/α-hetero) is 1. The molecule has 9 heteroatoms. The number of aryl methyl sites for hydroxylation is 1. The maximum Gasteiger partial charge on any atom is 0.319 e. The Labute approximate surface area is 229 Å². The molecule has 4 heterocycles. The number of hydrogen-bond acceptors (Lipinski definition) is 7. The molecule has 6 rings (SSSR count). The van der Waals surface area contributed by atoms with E-state index in [0.717, 1.165) is 65.0 Å². The summed E-state index contributed by atoms with van der Waals surface area (Å²) in [7, 11) is 4.18. The number of amides is 1. The van der Waals surface area contributed by atoms with Crippen molar-refractivity contribution >= 4 is 28.5 Å². The monoisotopic (exact) mass is 528 g/mol. The summed E-state index contributed by atoms with van der Waals surface area (Å²) in [6.45, 7) is 7.79. The Kier molecular flexibility index (Phi) is 6.85. The highest BCUT2D eigenvalue weighted by molar-refractivity contribution is 6.01. The summed E-state index contributed by atoms with van der Waals surface area (Å²) in [6, 6.07) is 8.87. The van der Waals surface area contributed by atoms with Crippen molar-refractivity contribution in [3.63, 3.8) is 0 Å². The van der Waals surface area contributed by atoms with Crippen LogP contribution in [0.5, 0.6) is 6.01 Å². The first-order chi connectivity index (χ1) is 18.9. The van der Waals surface area contributed by atoms with Gasteiger partial charge in [0, 0.05) is 56.8 Å². The van der Waals surface area contributed by atoms with Crippen LogP contribution in [0, 0.1) is 0 Å². The first-order valence-corrected chi connectivity index (χ1v) is 14.0. The molecule has 1 aliphatic carbocycles. The number of rotatable bonds is 6. The van der Waals surface area contributed by atoms with E-state index in [9.17, 15) is 9.59 Å². The number of carbonyl (C=O) groups is 2. The van der Waals surface area contributed by atoms with E-state index in [-0.39, 0.29) is 11.7 Å². The highest BCUT2D eigenvalue weighted by atomic mass is 16.5. The van der Waals surface area contributed by atoms with Crippen LogP contribution in [0.15, 0.2) is 36.9 Å². The predicted octanol–water partition coefficient (Wildman–Crippen LogP) is 3.46. The van der Waals surface area contributed by atoms with E-state index in [1.165, 1.54) is 12.5 Å². The molecule has 0 unspecified atom stereocenters. The number of likely N-dealkylation sites (N-methyl/N-ethyl adjacent to an activating group) is 1. The van der Waals surface area contributed by atoms with Crippen LogP contribution in [0.2, 0.25) is 0 Å². The molecule has 0 bridgehead atoms. The van der Waals surface area contributed by atoms with Gasteiger partial charge >= 0.3 is 6.01 Å². The van der Waals surface area contributed by atoms with Gasteiger partial charge in [-0.15, -0.1) is 0 Å². The molecule has 2 aliphatic heterocycles. The minimum Gasteiger partial charge on any atom is -0.462 e. The molecule has 204 valence electrons. The number of ketones is 1. The van der Waals surface area contributed by atoms with Gasteiger partial charge in [-0.2, -0.15) is 9.97 Å². The zero-order chi connectivity index (χ0) is 27.1. The molecule has 2 saturated heterocycles. The van der Waals surface area contributed by atoms with Crippen LogP contribution >= 0.6 is 0 Å². The van der Waals surface area contributed by atoms with Crippen LogP contribution in [-0.4, -0.2) is 88.4 Å². The Hall–Kier alpha value is -3.72. The van der Waals surface area contributed by atoms with Gasteiger partial charge in [-0.1, -0.05) is 24.8 Å². The second kappa shape index (κ2) is 10.4. The molecule has 3 aromatic rings. The van der Waals surface area contributed by atoms with E-state index in [2.05, 4.69) is 40.1 Å². The van der Waals surface area contributed by atoms with Crippen molar-refractivity contribution < 1.29 is 14.3 Å². The van der Waals surface area contributed by atoms with E-state index in [4.69, 9.17) is 14.7 Å². The second-order valence-corrected chi connectivity index (χ2v) is 10.9. The lowest BCUT2D eigenvalue weighted by Crippen LogP contribution is -2.48. The number of benzene rings is 1. The lowest BCUT2D eigenvalue weighted by Gasteiger charge is -2.35. The third-order valence-corrected chi connectivity index (χ3v) is 8.57. The lowest BCUT2D eigenvalue weighted by molar-refractivity contribution is -0.126. The summed E-state index contributed by atoms with van der Waals surface area (Å²) < 4.78 is 8.36. The molecule has 9 nitrogen and oxygen atoms in total. The molecular formula is C30H36N6O3. The molecule has 0 radical (unpaired) electrons. The molecule has 2 aromatic heterocycles. The number of anilines is 1. The minimum atomic E-state index is -0.0447. The van der Waals surface area contributed by atoms with Crippen LogP contribution in [0.25, 0.3) is 22.3 Å². The van der Waals surface area contributed by atoms with Crippen molar-refractivity contribution in [1.82, 2.24) is 24.3 Å². The van der Waals surface area contributed by atoms with Crippen molar-refractivity contribution in [3.05, 3.63) is 48.0 Å². The number of fused-ring (bicyclic) bond motifs is 2. The third kappa shape index (κ3) is 4.69. The maximum absolute atomic E-state index is 12.6. The van der Waals surface area contributed by atoms with Crippen molar-refractivity contribution in [2.45, 2.75) is 38.1 Å². The maximum atomic E-state index is 12.6. The van der Waals surface area contributed by atoms with Crippen LogP contribution in [-0.2, 0) is 18.3 Å². The van der Waals surface area contributed by atoms with Crippen LogP contribution in [0.1, 0.15) is 41.6 Å². The highest BCUT2D eigenvalue weighted by Gasteiger charge is 2.28. The quantitative estimate of drug-likeness (QED) is 0.453. The van der Waals surface area contributed by atoms with Crippen LogP contribution in [0.4, 0.5) is 5.82 Å². The zero-order valence-electron chi connectivity index (χ0n) is 22.9. The fourth-order valence-corrected chi connectivity index (χ4v) is 6.30. The number of piperazine rings is 1. The Morgan fingerprint density at radius 2 is 1.87 bits per heavy atom. The largest absolute Gasteiger partial charge is 0.462 e. The van der Waals surface area contributed by atoms with E-state index >= 15 is 0 Å². The number of hydrogen-bond donors (Lipinski definition) is 0. The van der Waals surface area contributed by atoms with Crippen molar-refractivity contribution in [2.75, 3.05) is 51.3 Å². The molecule has 0 spiro atoms. The molecule has 1 amide bonds. The van der Waals surface area contributed by atoms with Gasteiger partial charge < -0.3 is 24.0 Å². The van der Waals surface area contributed by atoms with E-state index in [1.807, 2.05) is 24.1 Å². The van der Waals surface area contributed by atoms with Gasteiger partial charge in [-0.05, 0) is 57.0 Å². The SMILES string of the molecule is C=CC(=O)N1CCN(c2nc(OC[C@@H]3CCCN3C)nc3cc(-c4cccc5c4CCCC5=O)n(C)c23)CC1. The number of carbonyl (C=O) groups excluding carboxylic acids is 2. The predicted molar refractivity (Wildman–Crippen MR) is 151 cm³/mol. The van der Waals surface area contributed by atoms with Crippen molar-refractivity contribution in [3.8, 4) is 17.3 Å². The van der Waals surface area contributed by atoms with Gasteiger partial charge in [0.25, 0.3) is 0 Å². The smallest absolute Gasteiger partial charge is 0.319 e. The molecule has 0 N–H and O–H groups in total. The first-order valence-electron chi connectivity index (χ1n) is 14.0. The summed E-state index contributed by atoms with van der Waals surface area (Å²) in [5, 5.41) is 0. The van der Waals surface area contributed by atoms with E-state index in [0.29, 0.717) is 51.3 Å². The average molecular weight is 529 g/mol. The number of likely N-dealkylation sites (tertiary alicyclic amines) is 1. The van der Waals surface area contributed by atoms with E-state index in [1.54, 1.807) is 0 Å². The van der Waals surface area contributed by atoms with Gasteiger partial charge in [-0.25, -0.2) is 0 Å². The third-order valence-electron chi connectivity index (χ3n) is 8.57. The fraction of sp³-hybridized carbons (Fsp3) is 0.467. The Bertz CT molecular complexity index is 1440. The summed E-state index contributed by atoms with van der Waals surface area (Å²) in [5.41, 5.74) is 5.79. The second-order valence-electron chi connectivity index (χ2n) is 10.9. The zero-order valence-corrected chi connectivity index (χ0v) is 22.9. The van der Waals surface area contributed by atoms with Crippen molar-refractivity contribution in [2.24, 2.45) is 7.05 Å². The fourth-order valence-electron chi connectivity index (χ4n) is 6.30. The summed E-state index contributed by atoms with van der Waals surface area (Å²) in [6.07, 6.45) is 6.03. The molecule has 1 atom stereocenters. The highest BCUT2D eigenvalue weighted by Crippen LogP contribution is 2.37. The van der Waals surface area contributed by atoms with Gasteiger partial charge in [0.1, 0.15) is 12.1 Å². The van der Waals surface area contributed by atoms with Crippen molar-refractivity contribution in [1.29, 1.82) is 0 Å². The Balaban J connectivity index is 1.41. The molecule has 1 aromatic carbocycles. The molecule has 0 saturated carbocycles. The van der Waals surface area contributed by atoms with Gasteiger partial charge in [0.05, 0.1) is 11.2 Å². The number of aromatic nitrogens is 3. The molecular weight excluding hydrogens is 492 g/mol. The molecule has 39 heavy (non-hydrogen) atoms. The lowest BCUT2D eigenvalue weighted by atomic mass is 9.86. The standard InChI is InChI=1S/C30H36N6O3/c1-4-27(38)35-14-16-36(17-15-35)29-28-24(31-30(32-29)39-19-20-8-7-13-33(20)2)18-25(34(28)3)22-10-5-11-23-21(22)9-6-12-26(23)37/h4-5,10-11,18,20H,1,6-9,12-17,19H2,2-3H3/t20-/m0/s1. The number of nitrogens with zero attached hydrogens (tertiary/aromatic N) is 6. The summed E-state index contributed by atoms with van der Waals surface area (Å²) in [5.74, 6) is 0.990. The van der Waals surface area contributed by atoms with E-state index < -0.39 is 0 Å². The summed E-state index contributed by atoms with van der Waals surface area (Å²) >= 11 is 0.